The highest BCUT2D eigenvalue weighted by atomic mass is 19.4. The van der Waals surface area contributed by atoms with Gasteiger partial charge in [0.05, 0.1) is 5.56 Å². The fourth-order valence-corrected chi connectivity index (χ4v) is 1.67. The van der Waals surface area contributed by atoms with Crippen molar-refractivity contribution < 1.29 is 23.1 Å². The normalized spacial score (nSPS) is 13.1. The summed E-state index contributed by atoms with van der Waals surface area (Å²) in [5, 5.41) is 11.8. The van der Waals surface area contributed by atoms with E-state index in [-0.39, 0.29) is 18.0 Å². The molecule has 1 aromatic carbocycles. The molecule has 3 nitrogen and oxygen atoms in total. The predicted molar refractivity (Wildman–Crippen MR) is 66.4 cm³/mol. The lowest BCUT2D eigenvalue weighted by atomic mass is 10.1. The highest BCUT2D eigenvalue weighted by Crippen LogP contribution is 2.23. The van der Waals surface area contributed by atoms with Crippen LogP contribution in [0.4, 0.5) is 18.9 Å². The molecule has 0 aliphatic carbocycles. The molecule has 0 saturated heterocycles. The van der Waals surface area contributed by atoms with Gasteiger partial charge in [-0.1, -0.05) is 0 Å². The molecule has 1 atom stereocenters. The average Bonchev–Trinajstić information content (AvgIpc) is 2.27. The number of alkyl halides is 3. The highest BCUT2D eigenvalue weighted by Gasteiger charge is 2.26. The lowest BCUT2D eigenvalue weighted by molar-refractivity contribution is -0.135. The van der Waals surface area contributed by atoms with Crippen LogP contribution >= 0.6 is 0 Å². The molecule has 106 valence electrons. The first-order valence-electron chi connectivity index (χ1n) is 5.94. The molecule has 0 bridgehead atoms. The fourth-order valence-electron chi connectivity index (χ4n) is 1.67. The van der Waals surface area contributed by atoms with Gasteiger partial charge in [-0.15, -0.1) is 0 Å². The molecule has 6 heteroatoms. The number of hydrogen-bond acceptors (Lipinski definition) is 2. The zero-order valence-electron chi connectivity index (χ0n) is 10.5. The average molecular weight is 275 g/mol. The summed E-state index contributed by atoms with van der Waals surface area (Å²) < 4.78 is 35.9. The number of hydrogen-bond donors (Lipinski definition) is 2. The number of carboxylic acids is 1. The van der Waals surface area contributed by atoms with Gasteiger partial charge >= 0.3 is 12.1 Å². The van der Waals surface area contributed by atoms with Crippen molar-refractivity contribution in [2.45, 2.75) is 38.4 Å². The first kappa shape index (κ1) is 15.3. The first-order valence-corrected chi connectivity index (χ1v) is 5.94. The maximum Gasteiger partial charge on any atom is 0.389 e. The van der Waals surface area contributed by atoms with Gasteiger partial charge in [-0.25, -0.2) is 4.79 Å². The van der Waals surface area contributed by atoms with E-state index in [0.717, 1.165) is 0 Å². The number of rotatable bonds is 6. The van der Waals surface area contributed by atoms with Crippen molar-refractivity contribution in [1.82, 2.24) is 0 Å². The van der Waals surface area contributed by atoms with Crippen molar-refractivity contribution in [3.05, 3.63) is 29.8 Å². The molecular weight excluding hydrogens is 259 g/mol. The molecule has 0 spiro atoms. The molecule has 0 heterocycles. The molecule has 1 aromatic rings. The predicted octanol–water partition coefficient (Wildman–Crippen LogP) is 3.92. The molecule has 19 heavy (non-hydrogen) atoms. The molecule has 1 rings (SSSR count). The van der Waals surface area contributed by atoms with Crippen LogP contribution in [-0.2, 0) is 0 Å². The van der Waals surface area contributed by atoms with Gasteiger partial charge in [0.15, 0.2) is 0 Å². The lowest BCUT2D eigenvalue weighted by Gasteiger charge is -2.15. The quantitative estimate of drug-likeness (QED) is 0.827. The Labute approximate surface area is 109 Å². The van der Waals surface area contributed by atoms with Crippen LogP contribution < -0.4 is 5.32 Å². The largest absolute Gasteiger partial charge is 0.478 e. The van der Waals surface area contributed by atoms with Crippen LogP contribution in [0, 0.1) is 0 Å². The third kappa shape index (κ3) is 6.13. The fraction of sp³-hybridized carbons (Fsp3) is 0.462. The van der Waals surface area contributed by atoms with Crippen LogP contribution in [0.2, 0.25) is 0 Å². The van der Waals surface area contributed by atoms with Crippen LogP contribution in [0.5, 0.6) is 0 Å². The Morgan fingerprint density at radius 2 is 1.89 bits per heavy atom. The Hall–Kier alpha value is -1.72. The minimum Gasteiger partial charge on any atom is -0.478 e. The lowest BCUT2D eigenvalue weighted by Crippen LogP contribution is -2.16. The Morgan fingerprint density at radius 1 is 1.32 bits per heavy atom. The van der Waals surface area contributed by atoms with E-state index < -0.39 is 18.6 Å². The van der Waals surface area contributed by atoms with Gasteiger partial charge in [0.2, 0.25) is 0 Å². The van der Waals surface area contributed by atoms with Crippen molar-refractivity contribution in [2.24, 2.45) is 0 Å². The third-order valence-corrected chi connectivity index (χ3v) is 2.64. The zero-order chi connectivity index (χ0) is 14.5. The number of anilines is 1. The van der Waals surface area contributed by atoms with Gasteiger partial charge in [0.1, 0.15) is 0 Å². The minimum absolute atomic E-state index is 0.0743. The minimum atomic E-state index is -4.11. The number of carbonyl (C=O) groups is 1. The second-order valence-corrected chi connectivity index (χ2v) is 4.44. The van der Waals surface area contributed by atoms with Gasteiger partial charge in [-0.2, -0.15) is 13.2 Å². The van der Waals surface area contributed by atoms with E-state index in [9.17, 15) is 18.0 Å². The summed E-state index contributed by atoms with van der Waals surface area (Å²) in [6.45, 7) is 1.79. The van der Waals surface area contributed by atoms with E-state index >= 15 is 0 Å². The van der Waals surface area contributed by atoms with E-state index in [1.54, 1.807) is 19.1 Å². The summed E-state index contributed by atoms with van der Waals surface area (Å²) in [4.78, 5) is 10.6. The standard InChI is InChI=1S/C13H16F3NO2/c1-9(3-2-8-13(14,15)16)17-11-6-4-10(5-7-11)12(18)19/h4-7,9,17H,2-3,8H2,1H3,(H,18,19). The van der Waals surface area contributed by atoms with Crippen LogP contribution in [0.1, 0.15) is 36.5 Å². The molecule has 0 aromatic heterocycles. The summed E-state index contributed by atoms with van der Waals surface area (Å²) >= 11 is 0. The maximum absolute atomic E-state index is 12.0. The molecular formula is C13H16F3NO2. The Morgan fingerprint density at radius 3 is 2.37 bits per heavy atom. The van der Waals surface area contributed by atoms with Gasteiger partial charge < -0.3 is 10.4 Å². The summed E-state index contributed by atoms with van der Waals surface area (Å²) in [5.74, 6) is -1.01. The highest BCUT2D eigenvalue weighted by molar-refractivity contribution is 5.87. The number of aromatic carboxylic acids is 1. The maximum atomic E-state index is 12.0. The van der Waals surface area contributed by atoms with Crippen LogP contribution in [0.25, 0.3) is 0 Å². The van der Waals surface area contributed by atoms with Crippen molar-refractivity contribution in [3.8, 4) is 0 Å². The number of nitrogens with one attached hydrogen (secondary N) is 1. The zero-order valence-corrected chi connectivity index (χ0v) is 10.5. The van der Waals surface area contributed by atoms with Crippen molar-refractivity contribution in [2.75, 3.05) is 5.32 Å². The van der Waals surface area contributed by atoms with E-state index in [4.69, 9.17) is 5.11 Å². The van der Waals surface area contributed by atoms with E-state index in [2.05, 4.69) is 5.32 Å². The van der Waals surface area contributed by atoms with Gasteiger partial charge in [-0.05, 0) is 44.0 Å². The van der Waals surface area contributed by atoms with Crippen LogP contribution in [0.3, 0.4) is 0 Å². The second kappa shape index (κ2) is 6.45. The summed E-state index contributed by atoms with van der Waals surface area (Å²) in [6, 6.07) is 6.01. The van der Waals surface area contributed by atoms with Gasteiger partial charge in [0, 0.05) is 18.2 Å². The summed E-state index contributed by atoms with van der Waals surface area (Å²) in [7, 11) is 0. The number of halogens is 3. The smallest absolute Gasteiger partial charge is 0.389 e. The van der Waals surface area contributed by atoms with E-state index in [1.165, 1.54) is 12.1 Å². The monoisotopic (exact) mass is 275 g/mol. The number of carboxylic acid groups (broad SMARTS) is 1. The Kier molecular flexibility index (Phi) is 5.20. The third-order valence-electron chi connectivity index (χ3n) is 2.64. The molecule has 0 aliphatic rings. The molecule has 0 fully saturated rings. The second-order valence-electron chi connectivity index (χ2n) is 4.44. The SMILES string of the molecule is CC(CCCC(F)(F)F)Nc1ccc(C(=O)O)cc1. The Balaban J connectivity index is 2.40. The Bertz CT molecular complexity index is 415. The molecule has 0 radical (unpaired) electrons. The van der Waals surface area contributed by atoms with Gasteiger partial charge in [0.25, 0.3) is 0 Å². The van der Waals surface area contributed by atoms with Crippen LogP contribution in [-0.4, -0.2) is 23.3 Å². The summed E-state index contributed by atoms with van der Waals surface area (Å²) in [5.41, 5.74) is 0.875. The van der Waals surface area contributed by atoms with Crippen molar-refractivity contribution in [3.63, 3.8) is 0 Å². The number of benzene rings is 1. The van der Waals surface area contributed by atoms with Crippen molar-refractivity contribution >= 4 is 11.7 Å². The van der Waals surface area contributed by atoms with E-state index in [0.29, 0.717) is 12.1 Å². The topological polar surface area (TPSA) is 49.3 Å². The molecule has 0 saturated carbocycles. The molecule has 1 unspecified atom stereocenters. The molecule has 2 N–H and O–H groups in total. The molecule has 0 amide bonds. The summed E-state index contributed by atoms with van der Waals surface area (Å²) in [6.07, 6.45) is -4.41. The molecule has 0 aliphatic heterocycles. The van der Waals surface area contributed by atoms with Crippen molar-refractivity contribution in [1.29, 1.82) is 0 Å². The van der Waals surface area contributed by atoms with E-state index in [1.807, 2.05) is 0 Å². The van der Waals surface area contributed by atoms with Crippen LogP contribution in [0.15, 0.2) is 24.3 Å². The van der Waals surface area contributed by atoms with Gasteiger partial charge in [-0.3, -0.25) is 0 Å². The first-order chi connectivity index (χ1) is 8.78.